The Morgan fingerprint density at radius 3 is 0.579 bits per heavy atom. The first kappa shape index (κ1) is 41.1. The summed E-state index contributed by atoms with van der Waals surface area (Å²) < 4.78 is 0. The van der Waals surface area contributed by atoms with Gasteiger partial charge in [0.15, 0.2) is 0 Å². The predicted octanol–water partition coefficient (Wildman–Crippen LogP) is 12.7. The van der Waals surface area contributed by atoms with Gasteiger partial charge in [-0.3, -0.25) is 0 Å². The second-order valence-electron chi connectivity index (χ2n) is 12.4. The molecular weight excluding hydrogens is 469 g/mol. The Morgan fingerprint density at radius 2 is 0.395 bits per heavy atom. The van der Waals surface area contributed by atoms with E-state index >= 15 is 0 Å². The van der Waals surface area contributed by atoms with Crippen molar-refractivity contribution in [1.29, 1.82) is 0 Å². The summed E-state index contributed by atoms with van der Waals surface area (Å²) in [5, 5.41) is 3.68. The minimum atomic E-state index is 0. The van der Waals surface area contributed by atoms with E-state index in [1.165, 1.54) is 219 Å². The third kappa shape index (κ3) is 39.1. The van der Waals surface area contributed by atoms with Crippen LogP contribution in [0, 0.1) is 0 Å². The number of rotatable bonds is 34. The van der Waals surface area contributed by atoms with Crippen LogP contribution < -0.4 is 5.32 Å². The molecule has 0 aromatic heterocycles. The first-order valence-electron chi connectivity index (χ1n) is 18.1. The standard InChI is InChI=1S/C36H75N.Na/c1-3-5-7-9-11-13-15-17-19-21-23-25-27-29-31-33-35-37-36-34-32-30-28-26-24-22-20-18-16-14-12-10-8-6-4-2;/h37H,3-36H2,1-2H3;. The monoisotopic (exact) mass is 545 g/mol. The van der Waals surface area contributed by atoms with Crippen molar-refractivity contribution in [3.63, 3.8) is 0 Å². The third-order valence-corrected chi connectivity index (χ3v) is 8.41. The normalized spacial score (nSPS) is 11.2. The van der Waals surface area contributed by atoms with E-state index in [0.29, 0.717) is 0 Å². The molecule has 0 aliphatic rings. The van der Waals surface area contributed by atoms with Gasteiger partial charge >= 0.3 is 0 Å². The van der Waals surface area contributed by atoms with Crippen molar-refractivity contribution < 1.29 is 0 Å². The molecule has 0 rings (SSSR count). The van der Waals surface area contributed by atoms with Gasteiger partial charge in [-0.05, 0) is 25.9 Å². The summed E-state index contributed by atoms with van der Waals surface area (Å²) in [6.45, 7) is 7.11. The zero-order chi connectivity index (χ0) is 26.7. The van der Waals surface area contributed by atoms with Crippen LogP contribution in [0.1, 0.15) is 219 Å². The second-order valence-corrected chi connectivity index (χ2v) is 12.4. The summed E-state index contributed by atoms with van der Waals surface area (Å²) >= 11 is 0. The van der Waals surface area contributed by atoms with E-state index in [2.05, 4.69) is 19.2 Å². The molecule has 1 N–H and O–H groups in total. The topological polar surface area (TPSA) is 12.0 Å². The zero-order valence-electron chi connectivity index (χ0n) is 27.5. The first-order valence-corrected chi connectivity index (χ1v) is 18.1. The van der Waals surface area contributed by atoms with Gasteiger partial charge in [-0.15, -0.1) is 0 Å². The Hall–Kier alpha value is 0.960. The van der Waals surface area contributed by atoms with Gasteiger partial charge in [-0.1, -0.05) is 206 Å². The van der Waals surface area contributed by atoms with Gasteiger partial charge in [0.1, 0.15) is 0 Å². The molecule has 0 spiro atoms. The minimum Gasteiger partial charge on any atom is -0.317 e. The molecule has 1 radical (unpaired) electrons. The molecule has 0 heterocycles. The van der Waals surface area contributed by atoms with Gasteiger partial charge in [-0.2, -0.15) is 0 Å². The Labute approximate surface area is 265 Å². The Balaban J connectivity index is 0. The fourth-order valence-electron chi connectivity index (χ4n) is 5.72. The predicted molar refractivity (Wildman–Crippen MR) is 178 cm³/mol. The summed E-state index contributed by atoms with van der Waals surface area (Å²) in [6.07, 6.45) is 46.7. The molecule has 0 aromatic carbocycles. The fourth-order valence-corrected chi connectivity index (χ4v) is 5.72. The van der Waals surface area contributed by atoms with Crippen molar-refractivity contribution in [1.82, 2.24) is 5.32 Å². The van der Waals surface area contributed by atoms with Crippen LogP contribution in [0.5, 0.6) is 0 Å². The molecular formula is C36H75NNa. The van der Waals surface area contributed by atoms with Gasteiger partial charge in [-0.25, -0.2) is 0 Å². The van der Waals surface area contributed by atoms with Crippen molar-refractivity contribution in [2.75, 3.05) is 13.1 Å². The SMILES string of the molecule is CCCCCCCCCCCCCCCCCCNCCCCCCCCCCCCCCCCCC.[Na]. The molecule has 0 amide bonds. The van der Waals surface area contributed by atoms with Gasteiger partial charge in [0.05, 0.1) is 0 Å². The van der Waals surface area contributed by atoms with Crippen LogP contribution in [0.15, 0.2) is 0 Å². The molecule has 0 atom stereocenters. The van der Waals surface area contributed by atoms with Crippen molar-refractivity contribution >= 4 is 29.6 Å². The van der Waals surface area contributed by atoms with Crippen LogP contribution >= 0.6 is 0 Å². The van der Waals surface area contributed by atoms with Crippen molar-refractivity contribution in [2.24, 2.45) is 0 Å². The smallest absolute Gasteiger partial charge is 0 e. The van der Waals surface area contributed by atoms with Crippen molar-refractivity contribution in [2.45, 2.75) is 219 Å². The molecule has 0 bridgehead atoms. The fraction of sp³-hybridized carbons (Fsp3) is 1.00. The van der Waals surface area contributed by atoms with Gasteiger partial charge in [0.25, 0.3) is 0 Å². The number of unbranched alkanes of at least 4 members (excludes halogenated alkanes) is 30. The maximum atomic E-state index is 3.68. The quantitative estimate of drug-likeness (QED) is 0.0627. The van der Waals surface area contributed by atoms with Crippen LogP contribution in [0.25, 0.3) is 0 Å². The summed E-state index contributed by atoms with van der Waals surface area (Å²) in [5.41, 5.74) is 0. The molecule has 0 unspecified atom stereocenters. The molecule has 0 aromatic rings. The molecule has 0 saturated carbocycles. The summed E-state index contributed by atoms with van der Waals surface area (Å²) in [5.74, 6) is 0. The van der Waals surface area contributed by atoms with Crippen LogP contribution in [0.2, 0.25) is 0 Å². The minimum absolute atomic E-state index is 0. The summed E-state index contributed by atoms with van der Waals surface area (Å²) in [6, 6.07) is 0. The van der Waals surface area contributed by atoms with Gasteiger partial charge in [0.2, 0.25) is 0 Å². The van der Waals surface area contributed by atoms with Crippen molar-refractivity contribution in [3.8, 4) is 0 Å². The average molecular weight is 545 g/mol. The first-order chi connectivity index (χ1) is 18.4. The average Bonchev–Trinajstić information content (AvgIpc) is 2.91. The van der Waals surface area contributed by atoms with E-state index in [1.54, 1.807) is 0 Å². The Morgan fingerprint density at radius 1 is 0.237 bits per heavy atom. The molecule has 38 heavy (non-hydrogen) atoms. The second kappa shape index (κ2) is 40.1. The van der Waals surface area contributed by atoms with Crippen molar-refractivity contribution in [3.05, 3.63) is 0 Å². The molecule has 2 heteroatoms. The van der Waals surface area contributed by atoms with E-state index in [4.69, 9.17) is 0 Å². The van der Waals surface area contributed by atoms with E-state index in [0.717, 1.165) is 0 Å². The summed E-state index contributed by atoms with van der Waals surface area (Å²) in [7, 11) is 0. The summed E-state index contributed by atoms with van der Waals surface area (Å²) in [4.78, 5) is 0. The van der Waals surface area contributed by atoms with E-state index in [1.807, 2.05) is 0 Å². The maximum Gasteiger partial charge on any atom is 0 e. The number of nitrogens with one attached hydrogen (secondary N) is 1. The molecule has 1 nitrogen and oxygen atoms in total. The van der Waals surface area contributed by atoms with E-state index < -0.39 is 0 Å². The number of hydrogen-bond acceptors (Lipinski definition) is 1. The zero-order valence-corrected chi connectivity index (χ0v) is 29.5. The molecule has 0 saturated heterocycles. The molecule has 0 aliphatic carbocycles. The largest absolute Gasteiger partial charge is 0.317 e. The molecule has 0 fully saturated rings. The maximum absolute atomic E-state index is 3.68. The number of hydrogen-bond donors (Lipinski definition) is 1. The van der Waals surface area contributed by atoms with Crippen LogP contribution in [-0.4, -0.2) is 42.6 Å². The van der Waals surface area contributed by atoms with E-state index in [9.17, 15) is 0 Å². The van der Waals surface area contributed by atoms with Crippen LogP contribution in [0.3, 0.4) is 0 Å². The van der Waals surface area contributed by atoms with E-state index in [-0.39, 0.29) is 29.6 Å². The Bertz CT molecular complexity index is 338. The molecule has 225 valence electrons. The third-order valence-electron chi connectivity index (χ3n) is 8.41. The molecule has 0 aliphatic heterocycles. The van der Waals surface area contributed by atoms with Crippen LogP contribution in [0.4, 0.5) is 0 Å². The Kier molecular flexibility index (Phi) is 43.4. The van der Waals surface area contributed by atoms with Gasteiger partial charge < -0.3 is 5.32 Å². The van der Waals surface area contributed by atoms with Crippen LogP contribution in [-0.2, 0) is 0 Å². The van der Waals surface area contributed by atoms with Gasteiger partial charge in [0, 0.05) is 29.6 Å².